The van der Waals surface area contributed by atoms with Crippen LogP contribution in [0.15, 0.2) is 107 Å². The second kappa shape index (κ2) is 14.1. The largest absolute Gasteiger partial charge is 0.351 e. The molecule has 3 heterocycles. The minimum absolute atomic E-state index is 0.0148. The Morgan fingerprint density at radius 1 is 0.940 bits per heavy atom. The monoisotopic (exact) mass is 669 g/mol. The van der Waals surface area contributed by atoms with Crippen LogP contribution in [0.3, 0.4) is 0 Å². The molecule has 0 radical (unpaired) electrons. The van der Waals surface area contributed by atoms with Crippen molar-refractivity contribution in [2.45, 2.75) is 45.4 Å². The zero-order chi connectivity index (χ0) is 34.8. The minimum atomic E-state index is -0.240. The number of likely N-dealkylation sites (tertiary alicyclic amines) is 1. The molecule has 1 fully saturated rings. The lowest BCUT2D eigenvalue weighted by molar-refractivity contribution is 0.0929. The topological polar surface area (TPSA) is 89.0 Å². The molecule has 2 N–H and O–H groups in total. The molecule has 1 amide bonds. The van der Waals surface area contributed by atoms with Crippen LogP contribution in [0, 0.1) is 5.41 Å². The highest BCUT2D eigenvalue weighted by Crippen LogP contribution is 2.31. The number of H-pyrrole nitrogens is 1. The van der Waals surface area contributed by atoms with E-state index in [2.05, 4.69) is 95.5 Å². The van der Waals surface area contributed by atoms with E-state index in [1.807, 2.05) is 65.2 Å². The fourth-order valence-electron chi connectivity index (χ4n) is 7.54. The summed E-state index contributed by atoms with van der Waals surface area (Å²) in [5.41, 5.74) is 5.86. The Kier molecular flexibility index (Phi) is 9.44. The number of benzene rings is 4. The van der Waals surface area contributed by atoms with E-state index in [4.69, 9.17) is 4.99 Å². The number of aromatic nitrogens is 2. The van der Waals surface area contributed by atoms with E-state index >= 15 is 0 Å². The van der Waals surface area contributed by atoms with E-state index in [1.54, 1.807) is 0 Å². The number of hydrogen-bond donors (Lipinski definition) is 2. The number of fused-ring (bicyclic) bond motifs is 2. The lowest BCUT2D eigenvalue weighted by Gasteiger charge is -2.33. The fraction of sp³-hybridized carbons (Fsp3) is 0.341. The number of carbonyl (C=O) groups is 1. The van der Waals surface area contributed by atoms with Crippen molar-refractivity contribution in [1.82, 2.24) is 24.7 Å². The van der Waals surface area contributed by atoms with Gasteiger partial charge in [-0.3, -0.25) is 19.3 Å². The van der Waals surface area contributed by atoms with Crippen LogP contribution in [0.1, 0.15) is 60.4 Å². The Balaban J connectivity index is 1.06. The number of piperidine rings is 1. The van der Waals surface area contributed by atoms with Gasteiger partial charge in [0.15, 0.2) is 6.17 Å². The van der Waals surface area contributed by atoms with Crippen molar-refractivity contribution in [3.63, 3.8) is 0 Å². The molecule has 1 atom stereocenters. The average molecular weight is 670 g/mol. The summed E-state index contributed by atoms with van der Waals surface area (Å²) in [5, 5.41) is 4.92. The van der Waals surface area contributed by atoms with Gasteiger partial charge in [-0.2, -0.15) is 0 Å². The number of nitrogens with one attached hydrogen (secondary N) is 2. The molecule has 2 aliphatic rings. The van der Waals surface area contributed by atoms with Crippen molar-refractivity contribution < 1.29 is 4.79 Å². The number of anilines is 1. The van der Waals surface area contributed by atoms with Crippen LogP contribution in [-0.4, -0.2) is 65.5 Å². The first-order valence-electron chi connectivity index (χ1n) is 17.6. The van der Waals surface area contributed by atoms with Gasteiger partial charge in [-0.15, -0.1) is 0 Å². The van der Waals surface area contributed by atoms with Crippen molar-refractivity contribution >= 4 is 28.8 Å². The lowest BCUT2D eigenvalue weighted by Crippen LogP contribution is -2.41. The van der Waals surface area contributed by atoms with E-state index in [1.165, 1.54) is 5.56 Å². The molecule has 5 aromatic rings. The highest BCUT2D eigenvalue weighted by molar-refractivity contribution is 5.94. The average Bonchev–Trinajstić information content (AvgIpc) is 3.46. The Morgan fingerprint density at radius 2 is 1.66 bits per heavy atom. The van der Waals surface area contributed by atoms with Gasteiger partial charge in [0.25, 0.3) is 5.91 Å². The van der Waals surface area contributed by atoms with Gasteiger partial charge in [0, 0.05) is 61.4 Å². The van der Waals surface area contributed by atoms with Crippen LogP contribution in [-0.2, 0) is 6.54 Å². The van der Waals surface area contributed by atoms with Gasteiger partial charge in [0.05, 0.1) is 16.4 Å². The van der Waals surface area contributed by atoms with Crippen molar-refractivity contribution in [2.75, 3.05) is 45.2 Å². The van der Waals surface area contributed by atoms with E-state index in [-0.39, 0.29) is 29.2 Å². The van der Waals surface area contributed by atoms with Crippen molar-refractivity contribution in [2.24, 2.45) is 10.4 Å². The molecule has 9 nitrogen and oxygen atoms in total. The molecule has 0 aliphatic carbocycles. The molecule has 7 rings (SSSR count). The van der Waals surface area contributed by atoms with E-state index in [9.17, 15) is 9.59 Å². The maximum absolute atomic E-state index is 13.2. The summed E-state index contributed by atoms with van der Waals surface area (Å²) in [5.74, 6) is -0.0758. The Morgan fingerprint density at radius 3 is 2.40 bits per heavy atom. The predicted molar refractivity (Wildman–Crippen MR) is 201 cm³/mol. The number of para-hydroxylation sites is 3. The van der Waals surface area contributed by atoms with Gasteiger partial charge in [0.1, 0.15) is 0 Å². The summed E-state index contributed by atoms with van der Waals surface area (Å²) in [6.07, 6.45) is 3.77. The highest BCUT2D eigenvalue weighted by Gasteiger charge is 2.25. The molecule has 0 saturated carbocycles. The zero-order valence-electron chi connectivity index (χ0n) is 29.5. The number of hydrogen-bond acceptors (Lipinski definition) is 6. The highest BCUT2D eigenvalue weighted by atomic mass is 16.2. The van der Waals surface area contributed by atoms with Gasteiger partial charge < -0.3 is 20.1 Å². The van der Waals surface area contributed by atoms with E-state index < -0.39 is 0 Å². The van der Waals surface area contributed by atoms with Crippen molar-refractivity contribution in [3.8, 4) is 0 Å². The summed E-state index contributed by atoms with van der Waals surface area (Å²) < 4.78 is 1.95. The second-order valence-electron chi connectivity index (χ2n) is 14.8. The van der Waals surface area contributed by atoms with Crippen LogP contribution in [0.5, 0.6) is 0 Å². The number of rotatable bonds is 10. The third-order valence-electron chi connectivity index (χ3n) is 9.85. The van der Waals surface area contributed by atoms with E-state index in [0.29, 0.717) is 12.1 Å². The first-order chi connectivity index (χ1) is 24.1. The SMILES string of the molecule is CN(C)CC(C)(C)CNC(=O)c1ccc2c(c1)=CN(c1ccccc1)C(c1ccc(CN3CCC(n4c(=O)[nH]c5ccccc54)CC3)cc1)N=2. The van der Waals surface area contributed by atoms with E-state index in [0.717, 1.165) is 71.9 Å². The van der Waals surface area contributed by atoms with Crippen LogP contribution < -0.4 is 26.5 Å². The molecule has 2 aliphatic heterocycles. The summed E-state index contributed by atoms with van der Waals surface area (Å²) in [4.78, 5) is 41.0. The summed E-state index contributed by atoms with van der Waals surface area (Å²) in [7, 11) is 4.10. The van der Waals surface area contributed by atoms with Crippen molar-refractivity contribution in [3.05, 3.63) is 135 Å². The third-order valence-corrected chi connectivity index (χ3v) is 9.85. The molecule has 258 valence electrons. The first kappa shape index (κ1) is 33.5. The summed E-state index contributed by atoms with van der Waals surface area (Å²) in [6, 6.07) is 33.0. The van der Waals surface area contributed by atoms with Crippen LogP contribution in [0.2, 0.25) is 0 Å². The standard InChI is InChI=1S/C41H47N7O2/c1-41(2,28-45(3)4)27-42-39(49)31-18-19-35-32(24-31)26-47(33-10-6-5-7-11-33)38(43-35)30-16-14-29(15-17-30)25-46-22-20-34(21-23-46)48-37-13-9-8-12-36(37)44-40(48)50/h5-19,24,26,34,38H,20-23,25,27-28H2,1-4H3,(H,42,49)(H,44,50). The summed E-state index contributed by atoms with van der Waals surface area (Å²) >= 11 is 0. The smallest absolute Gasteiger partial charge is 0.326 e. The molecule has 1 saturated heterocycles. The maximum atomic E-state index is 13.2. The Labute approximate surface area is 293 Å². The fourth-order valence-corrected chi connectivity index (χ4v) is 7.54. The molecule has 0 spiro atoms. The quantitative estimate of drug-likeness (QED) is 0.217. The minimum Gasteiger partial charge on any atom is -0.351 e. The normalized spacial score (nSPS) is 17.0. The van der Waals surface area contributed by atoms with Crippen LogP contribution >= 0.6 is 0 Å². The van der Waals surface area contributed by atoms with Crippen molar-refractivity contribution in [1.29, 1.82) is 0 Å². The van der Waals surface area contributed by atoms with Gasteiger partial charge in [0.2, 0.25) is 0 Å². The second-order valence-corrected chi connectivity index (χ2v) is 14.8. The molecule has 1 aromatic heterocycles. The van der Waals surface area contributed by atoms with Gasteiger partial charge in [-0.25, -0.2) is 4.79 Å². The molecule has 9 heteroatoms. The molecule has 50 heavy (non-hydrogen) atoms. The molecular formula is C41H47N7O2. The van der Waals surface area contributed by atoms with Crippen LogP contribution in [0.25, 0.3) is 17.2 Å². The first-order valence-corrected chi connectivity index (χ1v) is 17.6. The number of nitrogens with zero attached hydrogens (tertiary/aromatic N) is 5. The zero-order valence-corrected chi connectivity index (χ0v) is 29.5. The number of aromatic amines is 1. The van der Waals surface area contributed by atoms with Gasteiger partial charge in [-0.05, 0) is 85.9 Å². The number of amides is 1. The Hall–Kier alpha value is -4.99. The van der Waals surface area contributed by atoms with Crippen LogP contribution in [0.4, 0.5) is 5.69 Å². The van der Waals surface area contributed by atoms with Gasteiger partial charge >= 0.3 is 5.69 Å². The molecule has 0 bridgehead atoms. The molecule has 1 unspecified atom stereocenters. The third kappa shape index (κ3) is 7.29. The maximum Gasteiger partial charge on any atom is 0.326 e. The number of carbonyl (C=O) groups excluding carboxylic acids is 1. The molecular weight excluding hydrogens is 622 g/mol. The molecule has 4 aromatic carbocycles. The van der Waals surface area contributed by atoms with Gasteiger partial charge in [-0.1, -0.05) is 68.4 Å². The number of imidazole rings is 1. The summed E-state index contributed by atoms with van der Waals surface area (Å²) in [6.45, 7) is 8.55. The predicted octanol–water partition coefficient (Wildman–Crippen LogP) is 5.06. The Bertz CT molecular complexity index is 2140. The lowest BCUT2D eigenvalue weighted by atomic mass is 9.93.